The summed E-state index contributed by atoms with van der Waals surface area (Å²) in [6.07, 6.45) is 8.86. The zero-order chi connectivity index (χ0) is 15.1. The first-order chi connectivity index (χ1) is 10.2. The maximum absolute atomic E-state index is 6.13. The summed E-state index contributed by atoms with van der Waals surface area (Å²) in [5, 5.41) is 3.41. The van der Waals surface area contributed by atoms with Crippen LogP contribution in [0, 0.1) is 5.92 Å². The summed E-state index contributed by atoms with van der Waals surface area (Å²) < 4.78 is 6.13. The van der Waals surface area contributed by atoms with Crippen molar-refractivity contribution in [2.45, 2.75) is 78.2 Å². The molecule has 3 nitrogen and oxygen atoms in total. The van der Waals surface area contributed by atoms with Crippen LogP contribution in [0.4, 0.5) is 0 Å². The smallest absolute Gasteiger partial charge is 0.0891 e. The van der Waals surface area contributed by atoms with Crippen LogP contribution in [0.1, 0.15) is 64.1 Å². The number of hydrogen-bond acceptors (Lipinski definition) is 3. The molecule has 0 aliphatic heterocycles. The monoisotopic (exact) mass is 290 g/mol. The Morgan fingerprint density at radius 2 is 2.10 bits per heavy atom. The molecule has 1 aromatic rings. The molecule has 0 spiro atoms. The normalized spacial score (nSPS) is 22.7. The van der Waals surface area contributed by atoms with Crippen LogP contribution in [-0.2, 0) is 17.9 Å². The van der Waals surface area contributed by atoms with E-state index in [9.17, 15) is 0 Å². The first-order valence-electron chi connectivity index (χ1n) is 8.47. The third kappa shape index (κ3) is 5.40. The summed E-state index contributed by atoms with van der Waals surface area (Å²) in [7, 11) is 0. The standard InChI is InChI=1S/C18H30N2O/c1-4-16-7-5-6-8-18(16)21-13-17-10-9-15(12-20-17)11-19-14(2)3/h9-10,12,14,16,18-19H,4-8,11,13H2,1-3H3. The molecule has 0 amide bonds. The van der Waals surface area contributed by atoms with Crippen LogP contribution in [0.2, 0.25) is 0 Å². The van der Waals surface area contributed by atoms with Gasteiger partial charge in [-0.05, 0) is 30.4 Å². The van der Waals surface area contributed by atoms with Gasteiger partial charge < -0.3 is 10.1 Å². The van der Waals surface area contributed by atoms with Gasteiger partial charge in [0, 0.05) is 18.8 Å². The predicted octanol–water partition coefficient (Wildman–Crippen LogP) is 4.07. The predicted molar refractivity (Wildman–Crippen MR) is 87.0 cm³/mol. The average Bonchev–Trinajstić information content (AvgIpc) is 2.52. The summed E-state index contributed by atoms with van der Waals surface area (Å²) >= 11 is 0. The first-order valence-corrected chi connectivity index (χ1v) is 8.47. The minimum atomic E-state index is 0.438. The van der Waals surface area contributed by atoms with E-state index in [1.165, 1.54) is 37.7 Å². The quantitative estimate of drug-likeness (QED) is 0.822. The molecule has 2 atom stereocenters. The van der Waals surface area contributed by atoms with E-state index in [1.54, 1.807) is 0 Å². The summed E-state index contributed by atoms with van der Waals surface area (Å²) in [6.45, 7) is 8.13. The van der Waals surface area contributed by atoms with E-state index in [0.29, 0.717) is 18.8 Å². The van der Waals surface area contributed by atoms with Gasteiger partial charge in [-0.15, -0.1) is 0 Å². The Morgan fingerprint density at radius 3 is 2.76 bits per heavy atom. The summed E-state index contributed by atoms with van der Waals surface area (Å²) in [5.41, 5.74) is 2.28. The van der Waals surface area contributed by atoms with Crippen LogP contribution < -0.4 is 5.32 Å². The lowest BCUT2D eigenvalue weighted by Gasteiger charge is -2.30. The fourth-order valence-electron chi connectivity index (χ4n) is 3.02. The van der Waals surface area contributed by atoms with Crippen molar-refractivity contribution in [3.8, 4) is 0 Å². The van der Waals surface area contributed by atoms with Gasteiger partial charge in [0.1, 0.15) is 0 Å². The number of ether oxygens (including phenoxy) is 1. The molecule has 3 heteroatoms. The van der Waals surface area contributed by atoms with E-state index >= 15 is 0 Å². The highest BCUT2D eigenvalue weighted by atomic mass is 16.5. The lowest BCUT2D eigenvalue weighted by Crippen LogP contribution is -2.27. The first kappa shape index (κ1) is 16.4. The molecule has 1 heterocycles. The second-order valence-electron chi connectivity index (χ2n) is 6.50. The highest BCUT2D eigenvalue weighted by molar-refractivity contribution is 5.13. The molecule has 1 N–H and O–H groups in total. The fraction of sp³-hybridized carbons (Fsp3) is 0.722. The van der Waals surface area contributed by atoms with Crippen LogP contribution in [0.3, 0.4) is 0 Å². The molecule has 0 saturated heterocycles. The highest BCUT2D eigenvalue weighted by Crippen LogP contribution is 2.29. The van der Waals surface area contributed by atoms with E-state index in [2.05, 4.69) is 43.2 Å². The van der Waals surface area contributed by atoms with Gasteiger partial charge >= 0.3 is 0 Å². The molecule has 2 unspecified atom stereocenters. The molecule has 1 saturated carbocycles. The van der Waals surface area contributed by atoms with Crippen molar-refractivity contribution in [3.05, 3.63) is 29.6 Å². The Balaban J connectivity index is 1.80. The third-order valence-electron chi connectivity index (χ3n) is 4.41. The second-order valence-corrected chi connectivity index (χ2v) is 6.50. The average molecular weight is 290 g/mol. The number of aromatic nitrogens is 1. The summed E-state index contributed by atoms with van der Waals surface area (Å²) in [5.74, 6) is 0.744. The molecule has 1 aliphatic rings. The molecule has 1 aromatic heterocycles. The molecule has 1 fully saturated rings. The number of pyridine rings is 1. The largest absolute Gasteiger partial charge is 0.372 e. The Labute approximate surface area is 129 Å². The van der Waals surface area contributed by atoms with Gasteiger partial charge in [-0.1, -0.05) is 46.1 Å². The minimum Gasteiger partial charge on any atom is -0.372 e. The Hall–Kier alpha value is -0.930. The molecule has 0 aromatic carbocycles. The second kappa shape index (κ2) is 8.50. The molecule has 0 bridgehead atoms. The van der Waals surface area contributed by atoms with Crippen molar-refractivity contribution in [1.82, 2.24) is 10.3 Å². The van der Waals surface area contributed by atoms with Gasteiger partial charge in [-0.3, -0.25) is 4.98 Å². The third-order valence-corrected chi connectivity index (χ3v) is 4.41. The van der Waals surface area contributed by atoms with Gasteiger partial charge in [0.15, 0.2) is 0 Å². The van der Waals surface area contributed by atoms with E-state index < -0.39 is 0 Å². The van der Waals surface area contributed by atoms with Crippen molar-refractivity contribution in [2.75, 3.05) is 0 Å². The van der Waals surface area contributed by atoms with Crippen molar-refractivity contribution >= 4 is 0 Å². The van der Waals surface area contributed by atoms with Gasteiger partial charge in [-0.2, -0.15) is 0 Å². The van der Waals surface area contributed by atoms with E-state index in [4.69, 9.17) is 4.74 Å². The molecular formula is C18H30N2O. The number of hydrogen-bond donors (Lipinski definition) is 1. The summed E-state index contributed by atoms with van der Waals surface area (Å²) in [6, 6.07) is 4.76. The topological polar surface area (TPSA) is 34.1 Å². The van der Waals surface area contributed by atoms with Crippen LogP contribution in [0.15, 0.2) is 18.3 Å². The van der Waals surface area contributed by atoms with Crippen molar-refractivity contribution in [2.24, 2.45) is 5.92 Å². The molecule has 0 radical (unpaired) electrons. The van der Waals surface area contributed by atoms with Gasteiger partial charge in [0.05, 0.1) is 18.4 Å². The highest BCUT2D eigenvalue weighted by Gasteiger charge is 2.24. The number of rotatable bonds is 7. The number of nitrogens with one attached hydrogen (secondary N) is 1. The maximum atomic E-state index is 6.13. The zero-order valence-corrected chi connectivity index (χ0v) is 13.8. The Bertz CT molecular complexity index is 402. The van der Waals surface area contributed by atoms with Crippen LogP contribution in [0.5, 0.6) is 0 Å². The van der Waals surface area contributed by atoms with Crippen molar-refractivity contribution in [3.63, 3.8) is 0 Å². The molecule has 1 aliphatic carbocycles. The van der Waals surface area contributed by atoms with Crippen molar-refractivity contribution < 1.29 is 4.74 Å². The fourth-order valence-corrected chi connectivity index (χ4v) is 3.02. The minimum absolute atomic E-state index is 0.438. The summed E-state index contributed by atoms with van der Waals surface area (Å²) in [4.78, 5) is 4.53. The SMILES string of the molecule is CCC1CCCCC1OCc1ccc(CNC(C)C)cn1. The van der Waals surface area contributed by atoms with E-state index in [0.717, 1.165) is 18.2 Å². The van der Waals surface area contributed by atoms with Crippen LogP contribution >= 0.6 is 0 Å². The van der Waals surface area contributed by atoms with Gasteiger partial charge in [-0.25, -0.2) is 0 Å². The maximum Gasteiger partial charge on any atom is 0.0891 e. The van der Waals surface area contributed by atoms with Crippen LogP contribution in [0.25, 0.3) is 0 Å². The number of nitrogens with zero attached hydrogens (tertiary/aromatic N) is 1. The van der Waals surface area contributed by atoms with E-state index in [1.807, 2.05) is 6.20 Å². The Morgan fingerprint density at radius 1 is 1.29 bits per heavy atom. The van der Waals surface area contributed by atoms with Crippen molar-refractivity contribution in [1.29, 1.82) is 0 Å². The molecule has 2 rings (SSSR count). The lowest BCUT2D eigenvalue weighted by molar-refractivity contribution is -0.0234. The van der Waals surface area contributed by atoms with E-state index in [-0.39, 0.29) is 0 Å². The van der Waals surface area contributed by atoms with Crippen LogP contribution in [-0.4, -0.2) is 17.1 Å². The zero-order valence-electron chi connectivity index (χ0n) is 13.8. The van der Waals surface area contributed by atoms with Gasteiger partial charge in [0.25, 0.3) is 0 Å². The Kier molecular flexibility index (Phi) is 6.65. The lowest BCUT2D eigenvalue weighted by atomic mass is 9.85. The molecule has 21 heavy (non-hydrogen) atoms. The molecule has 118 valence electrons. The van der Waals surface area contributed by atoms with Gasteiger partial charge in [0.2, 0.25) is 0 Å². The molecular weight excluding hydrogens is 260 g/mol.